The third-order valence-corrected chi connectivity index (χ3v) is 8.21. The number of hydrogen-bond acceptors (Lipinski definition) is 4. The van der Waals surface area contributed by atoms with E-state index in [0.717, 1.165) is 54.4 Å². The second kappa shape index (κ2) is 11.8. The molecule has 2 aromatic heterocycles. The molecule has 0 bridgehead atoms. The van der Waals surface area contributed by atoms with Gasteiger partial charge in [0.25, 0.3) is 5.91 Å². The van der Waals surface area contributed by atoms with Crippen LogP contribution >= 0.6 is 35.1 Å². The van der Waals surface area contributed by atoms with Crippen molar-refractivity contribution in [1.29, 1.82) is 0 Å². The zero-order valence-corrected chi connectivity index (χ0v) is 24.2. The van der Waals surface area contributed by atoms with Crippen LogP contribution in [0.2, 0.25) is 10.0 Å². The van der Waals surface area contributed by atoms with Crippen LogP contribution in [-0.2, 0) is 13.5 Å². The fraction of sp³-hybridized carbons (Fsp3) is 0.200. The van der Waals surface area contributed by atoms with Gasteiger partial charge in [0.15, 0.2) is 0 Å². The molecule has 5 aromatic rings. The molecule has 0 aliphatic rings. The van der Waals surface area contributed by atoms with E-state index in [1.54, 1.807) is 10.9 Å². The lowest BCUT2D eigenvalue weighted by Crippen LogP contribution is -2.18. The van der Waals surface area contributed by atoms with E-state index in [0.29, 0.717) is 30.2 Å². The number of nitrogens with one attached hydrogen (secondary N) is 2. The van der Waals surface area contributed by atoms with E-state index >= 15 is 0 Å². The lowest BCUT2D eigenvalue weighted by Gasteiger charge is -2.11. The Morgan fingerprint density at radius 2 is 1.85 bits per heavy atom. The van der Waals surface area contributed by atoms with Gasteiger partial charge in [-0.2, -0.15) is 5.10 Å². The van der Waals surface area contributed by atoms with Gasteiger partial charge in [-0.3, -0.25) is 14.2 Å². The standard InChI is InChI=1S/C30H28Cl2N4O2S/c1-18-14-21(15-19(2)27(18)32)38-13-7-10-24-26-25(31)12-11-23(20-16-33-36(3)17-20)28(26)34-29(24)30(37)35-39-22-8-5-4-6-9-22/h4-6,8-9,11-12,14-17,34H,7,10,13H2,1-3H3,(H,35,37). The van der Waals surface area contributed by atoms with Crippen molar-refractivity contribution in [2.24, 2.45) is 7.05 Å². The molecule has 2 N–H and O–H groups in total. The third kappa shape index (κ3) is 5.96. The van der Waals surface area contributed by atoms with Crippen molar-refractivity contribution in [2.45, 2.75) is 31.6 Å². The Hall–Kier alpha value is -3.39. The van der Waals surface area contributed by atoms with Crippen LogP contribution in [0.1, 0.15) is 33.6 Å². The molecule has 0 saturated heterocycles. The maximum Gasteiger partial charge on any atom is 0.278 e. The van der Waals surface area contributed by atoms with Crippen LogP contribution < -0.4 is 9.46 Å². The molecule has 0 atom stereocenters. The number of hydrogen-bond donors (Lipinski definition) is 2. The summed E-state index contributed by atoms with van der Waals surface area (Å²) in [4.78, 5) is 17.8. The van der Waals surface area contributed by atoms with Gasteiger partial charge in [0, 0.05) is 39.7 Å². The van der Waals surface area contributed by atoms with E-state index in [4.69, 9.17) is 27.9 Å². The number of aromatic amines is 1. The summed E-state index contributed by atoms with van der Waals surface area (Å²) in [7, 11) is 1.88. The Balaban J connectivity index is 1.44. The van der Waals surface area contributed by atoms with Gasteiger partial charge in [-0.05, 0) is 85.7 Å². The van der Waals surface area contributed by atoms with Crippen LogP contribution in [0.15, 0.2) is 71.9 Å². The van der Waals surface area contributed by atoms with Gasteiger partial charge in [-0.15, -0.1) is 0 Å². The number of carbonyl (C=O) groups is 1. The van der Waals surface area contributed by atoms with E-state index in [-0.39, 0.29) is 5.91 Å². The minimum atomic E-state index is -0.215. The number of nitrogens with zero attached hydrogens (tertiary/aromatic N) is 2. The highest BCUT2D eigenvalue weighted by Gasteiger charge is 2.22. The van der Waals surface area contributed by atoms with Crippen molar-refractivity contribution >= 4 is 52.0 Å². The summed E-state index contributed by atoms with van der Waals surface area (Å²) >= 11 is 14.3. The predicted molar refractivity (Wildman–Crippen MR) is 160 cm³/mol. The number of halogens is 2. The molecule has 0 radical (unpaired) electrons. The Morgan fingerprint density at radius 3 is 2.54 bits per heavy atom. The lowest BCUT2D eigenvalue weighted by molar-refractivity contribution is 0.0979. The Kier molecular flexibility index (Phi) is 8.21. The molecule has 0 aliphatic heterocycles. The Labute approximate surface area is 241 Å². The summed E-state index contributed by atoms with van der Waals surface area (Å²) in [5, 5.41) is 6.50. The van der Waals surface area contributed by atoms with Crippen LogP contribution in [0.4, 0.5) is 0 Å². The summed E-state index contributed by atoms with van der Waals surface area (Å²) < 4.78 is 10.8. The Bertz CT molecular complexity index is 1620. The van der Waals surface area contributed by atoms with Crippen LogP contribution in [-0.4, -0.2) is 27.3 Å². The van der Waals surface area contributed by atoms with Gasteiger partial charge in [0.05, 0.1) is 23.3 Å². The predicted octanol–water partition coefficient (Wildman–Crippen LogP) is 7.94. The summed E-state index contributed by atoms with van der Waals surface area (Å²) in [6.07, 6.45) is 5.03. The highest BCUT2D eigenvalue weighted by molar-refractivity contribution is 7.98. The van der Waals surface area contributed by atoms with Gasteiger partial charge < -0.3 is 9.72 Å². The first-order valence-electron chi connectivity index (χ1n) is 12.6. The highest BCUT2D eigenvalue weighted by Crippen LogP contribution is 2.37. The van der Waals surface area contributed by atoms with Crippen molar-refractivity contribution in [2.75, 3.05) is 6.61 Å². The van der Waals surface area contributed by atoms with E-state index in [1.165, 1.54) is 11.9 Å². The van der Waals surface area contributed by atoms with E-state index < -0.39 is 0 Å². The molecule has 0 unspecified atom stereocenters. The molecular formula is C30H28Cl2N4O2S. The molecule has 9 heteroatoms. The number of aromatic nitrogens is 3. The number of ether oxygens (including phenoxy) is 1. The summed E-state index contributed by atoms with van der Waals surface area (Å²) in [5.74, 6) is 0.565. The molecular weight excluding hydrogens is 551 g/mol. The zero-order chi connectivity index (χ0) is 27.5. The normalized spacial score (nSPS) is 11.2. The van der Waals surface area contributed by atoms with Crippen molar-refractivity contribution in [1.82, 2.24) is 19.5 Å². The summed E-state index contributed by atoms with van der Waals surface area (Å²) in [6, 6.07) is 17.4. The third-order valence-electron chi connectivity index (χ3n) is 6.51. The molecule has 0 fully saturated rings. The Morgan fingerprint density at radius 1 is 1.10 bits per heavy atom. The number of H-pyrrole nitrogens is 1. The molecule has 0 saturated carbocycles. The monoisotopic (exact) mass is 578 g/mol. The van der Waals surface area contributed by atoms with Gasteiger partial charge in [-0.1, -0.05) is 47.5 Å². The molecule has 6 nitrogen and oxygen atoms in total. The molecule has 2 heterocycles. The highest BCUT2D eigenvalue weighted by atomic mass is 35.5. The fourth-order valence-corrected chi connectivity index (χ4v) is 5.63. The molecule has 1 amide bonds. The first-order valence-corrected chi connectivity index (χ1v) is 14.1. The van der Waals surface area contributed by atoms with Gasteiger partial charge in [-0.25, -0.2) is 0 Å². The van der Waals surface area contributed by atoms with Crippen molar-refractivity contribution in [3.63, 3.8) is 0 Å². The largest absolute Gasteiger partial charge is 0.494 e. The van der Waals surface area contributed by atoms with Gasteiger partial charge in [0.1, 0.15) is 11.4 Å². The molecule has 5 rings (SSSR count). The summed E-state index contributed by atoms with van der Waals surface area (Å²) in [6.45, 7) is 4.41. The minimum absolute atomic E-state index is 0.215. The molecule has 0 aliphatic carbocycles. The van der Waals surface area contributed by atoms with Crippen molar-refractivity contribution in [3.8, 4) is 16.9 Å². The number of benzene rings is 3. The van der Waals surface area contributed by atoms with Crippen molar-refractivity contribution < 1.29 is 9.53 Å². The van der Waals surface area contributed by atoms with E-state index in [2.05, 4.69) is 14.8 Å². The quantitative estimate of drug-likeness (QED) is 0.137. The first-order chi connectivity index (χ1) is 18.8. The van der Waals surface area contributed by atoms with Crippen LogP contribution in [0, 0.1) is 13.8 Å². The summed E-state index contributed by atoms with van der Waals surface area (Å²) in [5.41, 5.74) is 5.99. The lowest BCUT2D eigenvalue weighted by atomic mass is 10.0. The maximum atomic E-state index is 13.5. The van der Waals surface area contributed by atoms with Crippen molar-refractivity contribution in [3.05, 3.63) is 99.4 Å². The number of amides is 1. The second-order valence-corrected chi connectivity index (χ2v) is 11.1. The second-order valence-electron chi connectivity index (χ2n) is 9.40. The van der Waals surface area contributed by atoms with E-state index in [9.17, 15) is 4.79 Å². The van der Waals surface area contributed by atoms with Crippen LogP contribution in [0.25, 0.3) is 22.0 Å². The number of aryl methyl sites for hydroxylation is 4. The number of rotatable bonds is 9. The number of fused-ring (bicyclic) bond motifs is 1. The molecule has 200 valence electrons. The van der Waals surface area contributed by atoms with Crippen LogP contribution in [0.5, 0.6) is 5.75 Å². The van der Waals surface area contributed by atoms with Gasteiger partial charge >= 0.3 is 0 Å². The molecule has 3 aromatic carbocycles. The van der Waals surface area contributed by atoms with Gasteiger partial charge in [0.2, 0.25) is 0 Å². The van der Waals surface area contributed by atoms with E-state index in [1.807, 2.05) is 81.7 Å². The average molecular weight is 580 g/mol. The minimum Gasteiger partial charge on any atom is -0.494 e. The fourth-order valence-electron chi connectivity index (χ4n) is 4.65. The first kappa shape index (κ1) is 27.2. The molecule has 39 heavy (non-hydrogen) atoms. The number of carbonyl (C=O) groups excluding carboxylic acids is 1. The van der Waals surface area contributed by atoms with Crippen LogP contribution in [0.3, 0.4) is 0 Å². The smallest absolute Gasteiger partial charge is 0.278 e. The SMILES string of the molecule is Cc1cc(OCCCc2c(C(=O)NSc3ccccc3)[nH]c3c(-c4cnn(C)c4)ccc(Cl)c23)cc(C)c1Cl. The molecule has 0 spiro atoms. The topological polar surface area (TPSA) is 71.9 Å². The zero-order valence-electron chi connectivity index (χ0n) is 21.8. The average Bonchev–Trinajstić information content (AvgIpc) is 3.53. The maximum absolute atomic E-state index is 13.5.